The highest BCUT2D eigenvalue weighted by Crippen LogP contribution is 2.28. The molecule has 0 radical (unpaired) electrons. The van der Waals surface area contributed by atoms with Crippen LogP contribution in [0.3, 0.4) is 0 Å². The number of nitrogens with zero attached hydrogens (tertiary/aromatic N) is 1. The van der Waals surface area contributed by atoms with E-state index >= 15 is 0 Å². The van der Waals surface area contributed by atoms with E-state index in [1.165, 1.54) is 36.4 Å². The maximum atomic E-state index is 13.0. The van der Waals surface area contributed by atoms with Gasteiger partial charge >= 0.3 is 11.9 Å². The number of benzene rings is 2. The number of aliphatic carboxylic acids is 1. The third-order valence-electron chi connectivity index (χ3n) is 4.07. The van der Waals surface area contributed by atoms with Gasteiger partial charge in [0.1, 0.15) is 0 Å². The van der Waals surface area contributed by atoms with Crippen molar-refractivity contribution >= 4 is 38.6 Å². The van der Waals surface area contributed by atoms with E-state index in [1.807, 2.05) is 0 Å². The number of carboxylic acids is 2. The second-order valence-electron chi connectivity index (χ2n) is 5.89. The van der Waals surface area contributed by atoms with E-state index in [9.17, 15) is 33.0 Å². The van der Waals surface area contributed by atoms with Crippen molar-refractivity contribution in [1.29, 1.82) is 0 Å². The highest BCUT2D eigenvalue weighted by Gasteiger charge is 2.24. The van der Waals surface area contributed by atoms with Gasteiger partial charge in [-0.15, -0.1) is 0 Å². The molecule has 0 saturated carbocycles. The molecule has 0 spiro atoms. The third kappa shape index (κ3) is 3.60. The first-order valence-corrected chi connectivity index (χ1v) is 9.44. The van der Waals surface area contributed by atoms with Gasteiger partial charge in [-0.1, -0.05) is 18.2 Å². The van der Waals surface area contributed by atoms with E-state index in [4.69, 9.17) is 5.11 Å². The van der Waals surface area contributed by atoms with Crippen molar-refractivity contribution in [3.8, 4) is 0 Å². The van der Waals surface area contributed by atoms with Gasteiger partial charge in [-0.3, -0.25) is 4.79 Å². The van der Waals surface area contributed by atoms with Crippen LogP contribution in [0.2, 0.25) is 0 Å². The minimum absolute atomic E-state index is 0.0189. The quantitative estimate of drug-likeness (QED) is 0.315. The number of hydrogen-bond donors (Lipinski definition) is 3. The smallest absolute Gasteiger partial charge is 0.371 e. The molecule has 9 nitrogen and oxygen atoms in total. The monoisotopic (exact) mass is 415 g/mol. The Morgan fingerprint density at radius 3 is 2.17 bits per heavy atom. The van der Waals surface area contributed by atoms with Crippen LogP contribution in [-0.4, -0.2) is 45.4 Å². The molecule has 0 aliphatic carbocycles. The summed E-state index contributed by atoms with van der Waals surface area (Å²) in [7, 11) is -4.14. The fourth-order valence-electron chi connectivity index (χ4n) is 2.70. The molecule has 1 heterocycles. The number of carbonyl (C=O) groups excluding carboxylic acids is 1. The molecule has 0 aliphatic heterocycles. The van der Waals surface area contributed by atoms with Gasteiger partial charge < -0.3 is 15.3 Å². The molecule has 1 aromatic heterocycles. The molecule has 10 heteroatoms. The Bertz CT molecular complexity index is 1290. The predicted molar refractivity (Wildman–Crippen MR) is 101 cm³/mol. The number of aromatic nitrogens is 1. The number of carbonyl (C=O) groups is 3. The summed E-state index contributed by atoms with van der Waals surface area (Å²) in [6.45, 7) is 0. The van der Waals surface area contributed by atoms with Crippen molar-refractivity contribution in [1.82, 2.24) is 3.97 Å². The molecule has 148 valence electrons. The van der Waals surface area contributed by atoms with Gasteiger partial charge in [0.05, 0.1) is 16.0 Å². The summed E-state index contributed by atoms with van der Waals surface area (Å²) in [5.74, 6) is -5.28. The van der Waals surface area contributed by atoms with Gasteiger partial charge in [-0.2, -0.15) is 0 Å². The van der Waals surface area contributed by atoms with Crippen molar-refractivity contribution in [2.45, 2.75) is 4.90 Å². The molecule has 0 fully saturated rings. The molecule has 0 saturated heterocycles. The Morgan fingerprint density at radius 1 is 0.931 bits per heavy atom. The molecule has 2 aromatic carbocycles. The third-order valence-corrected chi connectivity index (χ3v) is 5.76. The molecular formula is C19H13NO8S. The number of rotatable bonds is 6. The molecule has 0 amide bonds. The van der Waals surface area contributed by atoms with Gasteiger partial charge in [0.25, 0.3) is 10.0 Å². The van der Waals surface area contributed by atoms with Crippen LogP contribution >= 0.6 is 0 Å². The van der Waals surface area contributed by atoms with Crippen molar-refractivity contribution < 1.29 is 38.1 Å². The highest BCUT2D eigenvalue weighted by molar-refractivity contribution is 7.90. The van der Waals surface area contributed by atoms with Gasteiger partial charge in [-0.05, 0) is 30.3 Å². The molecular weight excluding hydrogens is 402 g/mol. The lowest BCUT2D eigenvalue weighted by Crippen LogP contribution is -2.12. The Balaban J connectivity index is 2.31. The molecule has 0 aliphatic rings. The summed E-state index contributed by atoms with van der Waals surface area (Å²) in [5, 5.41) is 27.3. The minimum Gasteiger partial charge on any atom is -0.502 e. The molecule has 0 bridgehead atoms. The Labute approximate surface area is 163 Å². The van der Waals surface area contributed by atoms with E-state index in [1.54, 1.807) is 6.07 Å². The zero-order valence-electron chi connectivity index (χ0n) is 14.5. The normalized spacial score (nSPS) is 12.1. The fourth-order valence-corrected chi connectivity index (χ4v) is 4.09. The van der Waals surface area contributed by atoms with Crippen LogP contribution in [0.15, 0.2) is 71.5 Å². The molecule has 3 rings (SSSR count). The van der Waals surface area contributed by atoms with Crippen molar-refractivity contribution in [3.05, 3.63) is 77.7 Å². The van der Waals surface area contributed by atoms with Crippen molar-refractivity contribution in [2.24, 2.45) is 0 Å². The Morgan fingerprint density at radius 2 is 1.59 bits per heavy atom. The molecule has 3 N–H and O–H groups in total. The van der Waals surface area contributed by atoms with Crippen LogP contribution in [0.5, 0.6) is 0 Å². The first-order valence-electron chi connectivity index (χ1n) is 8.00. The van der Waals surface area contributed by atoms with Crippen molar-refractivity contribution in [2.75, 3.05) is 0 Å². The van der Waals surface area contributed by atoms with Crippen LogP contribution in [0.1, 0.15) is 20.7 Å². The Hall–Kier alpha value is -3.92. The van der Waals surface area contributed by atoms with E-state index < -0.39 is 33.5 Å². The summed E-state index contributed by atoms with van der Waals surface area (Å²) in [5.41, 5.74) is -0.464. The van der Waals surface area contributed by atoms with Crippen LogP contribution in [0, 0.1) is 0 Å². The zero-order valence-corrected chi connectivity index (χ0v) is 15.3. The largest absolute Gasteiger partial charge is 0.502 e. The molecule has 3 aromatic rings. The van der Waals surface area contributed by atoms with Crippen LogP contribution in [0.25, 0.3) is 10.9 Å². The maximum absolute atomic E-state index is 13.0. The number of aromatic carboxylic acids is 1. The van der Waals surface area contributed by atoms with E-state index in [-0.39, 0.29) is 26.9 Å². The van der Waals surface area contributed by atoms with Crippen molar-refractivity contribution in [3.63, 3.8) is 0 Å². The summed E-state index contributed by atoms with van der Waals surface area (Å²) < 4.78 is 26.8. The first-order chi connectivity index (χ1) is 13.6. The highest BCUT2D eigenvalue weighted by atomic mass is 32.2. The second kappa shape index (κ2) is 7.24. The fraction of sp³-hybridized carbons (Fsp3) is 0. The average molecular weight is 415 g/mol. The Kier molecular flexibility index (Phi) is 4.95. The van der Waals surface area contributed by atoms with E-state index in [0.717, 1.165) is 16.2 Å². The van der Waals surface area contributed by atoms with Crippen LogP contribution < -0.4 is 0 Å². The number of aliphatic hydroxyl groups is 1. The summed E-state index contributed by atoms with van der Waals surface area (Å²) >= 11 is 0. The van der Waals surface area contributed by atoms with E-state index in [2.05, 4.69) is 0 Å². The zero-order chi connectivity index (χ0) is 21.3. The van der Waals surface area contributed by atoms with Crippen LogP contribution in [-0.2, 0) is 14.8 Å². The average Bonchev–Trinajstić information content (AvgIpc) is 3.08. The summed E-state index contributed by atoms with van der Waals surface area (Å²) in [6.07, 6.45) is 1.39. The molecule has 0 unspecified atom stereocenters. The lowest BCUT2D eigenvalue weighted by atomic mass is 10.1. The molecule has 29 heavy (non-hydrogen) atoms. The lowest BCUT2D eigenvalue weighted by molar-refractivity contribution is -0.135. The molecule has 0 atom stereocenters. The number of aliphatic hydroxyl groups excluding tert-OH is 1. The SMILES string of the molecule is O=C(O)C(O)=CC(=O)c1cn(S(=O)(=O)c2ccccc2)c2ccc(C(=O)O)cc12. The number of hydrogen-bond acceptors (Lipinski definition) is 6. The number of fused-ring (bicyclic) bond motifs is 1. The van der Waals surface area contributed by atoms with Gasteiger partial charge in [0, 0.05) is 23.2 Å². The maximum Gasteiger partial charge on any atom is 0.371 e. The van der Waals surface area contributed by atoms with E-state index in [0.29, 0.717) is 6.08 Å². The van der Waals surface area contributed by atoms with Gasteiger partial charge in [-0.25, -0.2) is 22.0 Å². The van der Waals surface area contributed by atoms with Gasteiger partial charge in [0.2, 0.25) is 5.76 Å². The topological polar surface area (TPSA) is 151 Å². The standard InChI is InChI=1S/C19H13NO8S/c21-16(9-17(22)19(25)26)14-10-20(29(27,28)12-4-2-1-3-5-12)15-7-6-11(18(23)24)8-13(14)15/h1-10,22H,(H,23,24)(H,25,26). The number of allylic oxidation sites excluding steroid dienone is 1. The first kappa shape index (κ1) is 19.8. The second-order valence-corrected chi connectivity index (χ2v) is 7.71. The number of ketones is 1. The lowest BCUT2D eigenvalue weighted by Gasteiger charge is -2.07. The number of carboxylic acid groups (broad SMARTS) is 2. The summed E-state index contributed by atoms with van der Waals surface area (Å²) in [4.78, 5) is 34.5. The minimum atomic E-state index is -4.14. The van der Waals surface area contributed by atoms with Gasteiger partial charge in [0.15, 0.2) is 5.78 Å². The summed E-state index contributed by atoms with van der Waals surface area (Å²) in [6, 6.07) is 10.9. The predicted octanol–water partition coefficient (Wildman–Crippen LogP) is 2.29. The van der Waals surface area contributed by atoms with Crippen LogP contribution in [0.4, 0.5) is 0 Å².